The molecule has 4 atom stereocenters. The number of ether oxygens (including phenoxy) is 4. The highest BCUT2D eigenvalue weighted by Crippen LogP contribution is 2.48. The maximum absolute atomic E-state index is 14.3. The standard InChI is InChI=1S/C45H52O10/c1-27(2)33-18-17-29-11-14-30(15-12-29)23-31(16-13-28-9-7-6-8-10-28)24-37(48)52-41-39-36(55-45(3,4)42(41)54-43(33)49)20-19-34-35(25-47)38(44(50)53-40(34)39)32(21-22-46)26-51-5/h6-12,14-15,19-20,31-32,41-42,46-47H,13,16-18,21-26H2,1-5H3/t31-,32-,41-,42+/m1/s1. The zero-order chi connectivity index (χ0) is 39.3. The van der Waals surface area contributed by atoms with Crippen LogP contribution < -0.4 is 10.4 Å². The SMILES string of the molecule is COC[C@@H](CCO)c1c(CO)c2ccc3c(c2oc1=O)[C@H]1OC(=O)C[C@H](CCc2ccccc2)Cc2ccc(cc2)CCC(=C(C)C)C(=O)O[C@@H]1C(C)(C)O3. The Hall–Kier alpha value is -4.77. The first kappa shape index (κ1) is 39.9. The van der Waals surface area contributed by atoms with Gasteiger partial charge in [0.05, 0.1) is 18.8 Å². The van der Waals surface area contributed by atoms with Crippen molar-refractivity contribution in [3.8, 4) is 5.75 Å². The quantitative estimate of drug-likeness (QED) is 0.102. The van der Waals surface area contributed by atoms with Crippen LogP contribution in [0.2, 0.25) is 0 Å². The van der Waals surface area contributed by atoms with Gasteiger partial charge in [-0.05, 0) is 107 Å². The van der Waals surface area contributed by atoms with Crippen molar-refractivity contribution in [3.05, 3.63) is 122 Å². The number of methoxy groups -OCH3 is 1. The van der Waals surface area contributed by atoms with Gasteiger partial charge in [-0.15, -0.1) is 0 Å². The van der Waals surface area contributed by atoms with E-state index in [1.54, 1.807) is 26.0 Å². The minimum atomic E-state index is -1.23. The van der Waals surface area contributed by atoms with Crippen LogP contribution in [0.1, 0.15) is 98.8 Å². The van der Waals surface area contributed by atoms with E-state index in [-0.39, 0.29) is 48.7 Å². The van der Waals surface area contributed by atoms with E-state index < -0.39 is 47.9 Å². The van der Waals surface area contributed by atoms with E-state index in [0.29, 0.717) is 41.5 Å². The molecule has 2 bridgehead atoms. The molecule has 3 aromatic carbocycles. The molecule has 4 heterocycles. The molecule has 2 N–H and O–H groups in total. The highest BCUT2D eigenvalue weighted by molar-refractivity contribution is 5.90. The first-order valence-corrected chi connectivity index (χ1v) is 19.1. The Balaban J connectivity index is 1.49. The van der Waals surface area contributed by atoms with Crippen LogP contribution in [-0.4, -0.2) is 54.2 Å². The molecule has 0 aliphatic carbocycles. The van der Waals surface area contributed by atoms with Crippen LogP contribution in [0.3, 0.4) is 0 Å². The molecule has 3 aliphatic heterocycles. The number of hydrogen-bond donors (Lipinski definition) is 2. The van der Waals surface area contributed by atoms with Crippen molar-refractivity contribution in [2.24, 2.45) is 5.92 Å². The number of aliphatic hydroxyl groups excluding tert-OH is 2. The lowest BCUT2D eigenvalue weighted by molar-refractivity contribution is -0.188. The van der Waals surface area contributed by atoms with Crippen LogP contribution in [0.5, 0.6) is 5.75 Å². The van der Waals surface area contributed by atoms with Gasteiger partial charge >= 0.3 is 17.6 Å². The van der Waals surface area contributed by atoms with Crippen LogP contribution in [0.4, 0.5) is 0 Å². The molecule has 10 heteroatoms. The van der Waals surface area contributed by atoms with E-state index in [0.717, 1.165) is 29.5 Å². The van der Waals surface area contributed by atoms with Crippen molar-refractivity contribution in [1.82, 2.24) is 0 Å². The molecular weight excluding hydrogens is 700 g/mol. The lowest BCUT2D eigenvalue weighted by Crippen LogP contribution is -2.52. The summed E-state index contributed by atoms with van der Waals surface area (Å²) in [5, 5.41) is 20.9. The van der Waals surface area contributed by atoms with Gasteiger partial charge in [-0.3, -0.25) is 4.79 Å². The van der Waals surface area contributed by atoms with Crippen LogP contribution in [0.25, 0.3) is 11.0 Å². The smallest absolute Gasteiger partial charge is 0.340 e. The third-order valence-corrected chi connectivity index (χ3v) is 10.9. The fraction of sp³-hybridized carbons (Fsp3) is 0.444. The highest BCUT2D eigenvalue weighted by atomic mass is 16.6. The second-order valence-electron chi connectivity index (χ2n) is 15.5. The maximum atomic E-state index is 14.3. The molecule has 10 nitrogen and oxygen atoms in total. The van der Waals surface area contributed by atoms with Crippen molar-refractivity contribution in [1.29, 1.82) is 0 Å². The summed E-state index contributed by atoms with van der Waals surface area (Å²) in [6, 6.07) is 21.9. The van der Waals surface area contributed by atoms with Gasteiger partial charge in [-0.2, -0.15) is 0 Å². The molecule has 0 unspecified atom stereocenters. The molecule has 0 spiro atoms. The van der Waals surface area contributed by atoms with E-state index >= 15 is 0 Å². The number of carbonyl (C=O) groups excluding carboxylic acids is 2. The van der Waals surface area contributed by atoms with Crippen molar-refractivity contribution in [2.45, 2.75) is 103 Å². The van der Waals surface area contributed by atoms with Gasteiger partial charge < -0.3 is 33.6 Å². The number of carbonyl (C=O) groups is 2. The fourth-order valence-electron chi connectivity index (χ4n) is 8.04. The fourth-order valence-corrected chi connectivity index (χ4v) is 8.04. The molecule has 0 saturated heterocycles. The number of benzene rings is 3. The van der Waals surface area contributed by atoms with Crippen LogP contribution in [0, 0.1) is 5.92 Å². The summed E-state index contributed by atoms with van der Waals surface area (Å²) in [5.41, 5.74) is 3.56. The zero-order valence-corrected chi connectivity index (χ0v) is 32.4. The summed E-state index contributed by atoms with van der Waals surface area (Å²) in [6.07, 6.45) is 1.14. The average molecular weight is 753 g/mol. The summed E-state index contributed by atoms with van der Waals surface area (Å²) in [5.74, 6) is -1.38. The summed E-state index contributed by atoms with van der Waals surface area (Å²) in [6.45, 7) is 6.67. The van der Waals surface area contributed by atoms with Gasteiger partial charge in [0, 0.05) is 42.6 Å². The predicted molar refractivity (Wildman–Crippen MR) is 208 cm³/mol. The van der Waals surface area contributed by atoms with Crippen LogP contribution in [0.15, 0.2) is 87.1 Å². The normalized spacial score (nSPS) is 20.6. The van der Waals surface area contributed by atoms with E-state index in [2.05, 4.69) is 36.4 Å². The van der Waals surface area contributed by atoms with Gasteiger partial charge in [-0.25, -0.2) is 9.59 Å². The first-order chi connectivity index (χ1) is 26.4. The van der Waals surface area contributed by atoms with Crippen LogP contribution >= 0.6 is 0 Å². The number of hydrogen-bond acceptors (Lipinski definition) is 10. The summed E-state index contributed by atoms with van der Waals surface area (Å²) in [7, 11) is 1.50. The minimum absolute atomic E-state index is 0.0572. The van der Waals surface area contributed by atoms with E-state index in [1.165, 1.54) is 12.7 Å². The molecule has 4 aromatic rings. The molecule has 0 fully saturated rings. The number of allylic oxidation sites excluding steroid dienone is 1. The summed E-state index contributed by atoms with van der Waals surface area (Å²) < 4.78 is 30.8. The van der Waals surface area contributed by atoms with E-state index in [4.69, 9.17) is 23.4 Å². The number of rotatable bonds is 9. The summed E-state index contributed by atoms with van der Waals surface area (Å²) >= 11 is 0. The Morgan fingerprint density at radius 1 is 0.909 bits per heavy atom. The number of aliphatic hydroxyl groups is 2. The number of aryl methyl sites for hydroxylation is 2. The van der Waals surface area contributed by atoms with Gasteiger partial charge in [0.15, 0.2) is 12.2 Å². The van der Waals surface area contributed by atoms with Crippen molar-refractivity contribution in [2.75, 3.05) is 20.3 Å². The lowest BCUT2D eigenvalue weighted by atomic mass is 9.85. The third kappa shape index (κ3) is 8.88. The van der Waals surface area contributed by atoms with Crippen molar-refractivity contribution in [3.63, 3.8) is 0 Å². The number of esters is 2. The largest absolute Gasteiger partial charge is 0.483 e. The third-order valence-electron chi connectivity index (χ3n) is 10.9. The Kier molecular flexibility index (Phi) is 12.6. The van der Waals surface area contributed by atoms with Gasteiger partial charge in [0.1, 0.15) is 16.9 Å². The highest BCUT2D eigenvalue weighted by Gasteiger charge is 2.50. The zero-order valence-electron chi connectivity index (χ0n) is 32.4. The molecule has 0 saturated carbocycles. The Labute approximate surface area is 322 Å². The topological polar surface area (TPSA) is 142 Å². The number of fused-ring (bicyclic) bond motifs is 13. The van der Waals surface area contributed by atoms with E-state index in [9.17, 15) is 24.6 Å². The second kappa shape index (κ2) is 17.4. The molecule has 55 heavy (non-hydrogen) atoms. The minimum Gasteiger partial charge on any atom is -0.483 e. The van der Waals surface area contributed by atoms with Crippen molar-refractivity contribution >= 4 is 22.9 Å². The predicted octanol–water partition coefficient (Wildman–Crippen LogP) is 7.23. The Morgan fingerprint density at radius 3 is 2.31 bits per heavy atom. The molecular formula is C45H52O10. The van der Waals surface area contributed by atoms with Crippen LogP contribution in [-0.2, 0) is 49.7 Å². The van der Waals surface area contributed by atoms with Gasteiger partial charge in [-0.1, -0.05) is 60.2 Å². The second-order valence-corrected chi connectivity index (χ2v) is 15.5. The average Bonchev–Trinajstić information content (AvgIpc) is 3.15. The molecule has 292 valence electrons. The molecule has 3 aliphatic rings. The van der Waals surface area contributed by atoms with Gasteiger partial charge in [0.2, 0.25) is 0 Å². The molecule has 7 rings (SSSR count). The monoisotopic (exact) mass is 752 g/mol. The molecule has 1 aromatic heterocycles. The summed E-state index contributed by atoms with van der Waals surface area (Å²) in [4.78, 5) is 42.3. The van der Waals surface area contributed by atoms with E-state index in [1.807, 2.05) is 32.0 Å². The molecule has 0 radical (unpaired) electrons. The Bertz CT molecular complexity index is 2070. The first-order valence-electron chi connectivity index (χ1n) is 19.1. The lowest BCUT2D eigenvalue weighted by Gasteiger charge is -2.43. The molecule has 0 amide bonds. The Morgan fingerprint density at radius 2 is 1.64 bits per heavy atom. The van der Waals surface area contributed by atoms with Gasteiger partial charge in [0.25, 0.3) is 0 Å². The maximum Gasteiger partial charge on any atom is 0.340 e. The van der Waals surface area contributed by atoms with Crippen molar-refractivity contribution < 1.29 is 43.2 Å².